The molecule has 0 aliphatic rings. The first-order chi connectivity index (χ1) is 5.66. The lowest BCUT2D eigenvalue weighted by atomic mass is 10.2. The van der Waals surface area contributed by atoms with E-state index in [0.717, 1.165) is 6.07 Å². The van der Waals surface area contributed by atoms with Crippen molar-refractivity contribution in [3.05, 3.63) is 33.9 Å². The lowest BCUT2D eigenvalue weighted by molar-refractivity contribution is -0.385. The highest BCUT2D eigenvalue weighted by molar-refractivity contribution is 5.55. The third-order valence-electron chi connectivity index (χ3n) is 1.33. The Hall–Kier alpha value is -2.09. The second-order valence-electron chi connectivity index (χ2n) is 2.04. The van der Waals surface area contributed by atoms with Gasteiger partial charge in [0.1, 0.15) is 11.6 Å². The monoisotopic (exact) mass is 164 g/mol. The van der Waals surface area contributed by atoms with Gasteiger partial charge in [-0.25, -0.2) is 0 Å². The Morgan fingerprint density at radius 1 is 1.58 bits per heavy atom. The zero-order valence-electron chi connectivity index (χ0n) is 5.89. The maximum atomic E-state index is 10.2. The summed E-state index contributed by atoms with van der Waals surface area (Å²) in [5.41, 5.74) is -0.543. The molecule has 0 atom stereocenters. The van der Waals surface area contributed by atoms with Crippen LogP contribution in [0.1, 0.15) is 5.56 Å². The summed E-state index contributed by atoms with van der Waals surface area (Å²) in [5.74, 6) is -0.579. The lowest BCUT2D eigenvalue weighted by Gasteiger charge is -1.95. The number of hydrogen-bond donors (Lipinski definition) is 1. The first-order valence-electron chi connectivity index (χ1n) is 3.03. The topological polar surface area (TPSA) is 87.2 Å². The van der Waals surface area contributed by atoms with Crippen molar-refractivity contribution in [3.8, 4) is 11.8 Å². The Kier molecular flexibility index (Phi) is 1.92. The molecular formula is C7H4N2O3. The molecule has 0 aliphatic carbocycles. The second kappa shape index (κ2) is 2.88. The van der Waals surface area contributed by atoms with Crippen molar-refractivity contribution >= 4 is 5.69 Å². The summed E-state index contributed by atoms with van der Waals surface area (Å²) in [4.78, 5) is 9.49. The molecule has 0 spiro atoms. The van der Waals surface area contributed by atoms with E-state index in [9.17, 15) is 10.1 Å². The van der Waals surface area contributed by atoms with E-state index >= 15 is 0 Å². The van der Waals surface area contributed by atoms with Crippen molar-refractivity contribution < 1.29 is 10.0 Å². The summed E-state index contributed by atoms with van der Waals surface area (Å²) in [5, 5.41) is 27.7. The van der Waals surface area contributed by atoms with Crippen LogP contribution in [0.2, 0.25) is 0 Å². The number of aromatic hydroxyl groups is 1. The van der Waals surface area contributed by atoms with Gasteiger partial charge >= 0.3 is 5.69 Å². The lowest BCUT2D eigenvalue weighted by Crippen LogP contribution is -1.89. The number of benzene rings is 1. The minimum absolute atomic E-state index is 0.0933. The molecule has 60 valence electrons. The minimum atomic E-state index is -0.740. The SMILES string of the molecule is N#Cc1cccc([N+](=O)[O-])c1O. The van der Waals surface area contributed by atoms with E-state index < -0.39 is 16.4 Å². The van der Waals surface area contributed by atoms with Crippen molar-refractivity contribution in [2.24, 2.45) is 0 Å². The van der Waals surface area contributed by atoms with Crippen LogP contribution in [0.5, 0.6) is 5.75 Å². The van der Waals surface area contributed by atoms with Gasteiger partial charge in [0.25, 0.3) is 0 Å². The maximum Gasteiger partial charge on any atom is 0.312 e. The predicted molar refractivity (Wildman–Crippen MR) is 39.5 cm³/mol. The third kappa shape index (κ3) is 1.18. The summed E-state index contributed by atoms with van der Waals surface area (Å²) >= 11 is 0. The summed E-state index contributed by atoms with van der Waals surface area (Å²) < 4.78 is 0. The molecule has 5 heteroatoms. The molecule has 0 fully saturated rings. The second-order valence-corrected chi connectivity index (χ2v) is 2.04. The fourth-order valence-electron chi connectivity index (χ4n) is 0.769. The fraction of sp³-hybridized carbons (Fsp3) is 0. The predicted octanol–water partition coefficient (Wildman–Crippen LogP) is 1.17. The Bertz CT molecular complexity index is 367. The largest absolute Gasteiger partial charge is 0.501 e. The molecule has 0 saturated heterocycles. The van der Waals surface area contributed by atoms with Gasteiger partial charge in [0, 0.05) is 6.07 Å². The van der Waals surface area contributed by atoms with Gasteiger partial charge in [0.15, 0.2) is 0 Å². The van der Waals surface area contributed by atoms with Crippen molar-refractivity contribution in [2.45, 2.75) is 0 Å². The summed E-state index contributed by atoms with van der Waals surface area (Å²) in [6, 6.07) is 5.42. The van der Waals surface area contributed by atoms with Crippen LogP contribution in [0.3, 0.4) is 0 Å². The number of hydrogen-bond acceptors (Lipinski definition) is 4. The molecule has 1 aromatic carbocycles. The van der Waals surface area contributed by atoms with E-state index in [-0.39, 0.29) is 5.56 Å². The number of nitrogens with zero attached hydrogens (tertiary/aromatic N) is 2. The third-order valence-corrected chi connectivity index (χ3v) is 1.33. The van der Waals surface area contributed by atoms with Crippen molar-refractivity contribution in [3.63, 3.8) is 0 Å². The zero-order valence-corrected chi connectivity index (χ0v) is 5.89. The zero-order chi connectivity index (χ0) is 9.14. The highest BCUT2D eigenvalue weighted by atomic mass is 16.6. The first kappa shape index (κ1) is 8.01. The van der Waals surface area contributed by atoms with Gasteiger partial charge in [-0.3, -0.25) is 10.1 Å². The molecule has 5 nitrogen and oxygen atoms in total. The van der Waals surface area contributed by atoms with Crippen LogP contribution < -0.4 is 0 Å². The van der Waals surface area contributed by atoms with Crippen LogP contribution in [0.15, 0.2) is 18.2 Å². The van der Waals surface area contributed by atoms with Crippen LogP contribution in [-0.4, -0.2) is 10.0 Å². The fourth-order valence-corrected chi connectivity index (χ4v) is 0.769. The molecule has 1 aromatic rings. The number of rotatable bonds is 1. The average molecular weight is 164 g/mol. The van der Waals surface area contributed by atoms with Crippen molar-refractivity contribution in [2.75, 3.05) is 0 Å². The van der Waals surface area contributed by atoms with Gasteiger partial charge in [-0.05, 0) is 6.07 Å². The molecule has 0 heterocycles. The molecule has 0 aromatic heterocycles. The standard InChI is InChI=1S/C7H4N2O3/c8-4-5-2-1-3-6(7(5)10)9(11)12/h1-3,10H. The van der Waals surface area contributed by atoms with Crippen LogP contribution in [0.25, 0.3) is 0 Å². The van der Waals surface area contributed by atoms with E-state index in [1.807, 2.05) is 0 Å². The van der Waals surface area contributed by atoms with Crippen LogP contribution in [0.4, 0.5) is 5.69 Å². The smallest absolute Gasteiger partial charge is 0.312 e. The number of para-hydroxylation sites is 1. The van der Waals surface area contributed by atoms with Crippen molar-refractivity contribution in [1.29, 1.82) is 5.26 Å². The minimum Gasteiger partial charge on any atom is -0.501 e. The molecule has 0 bridgehead atoms. The molecule has 1 rings (SSSR count). The summed E-state index contributed by atoms with van der Waals surface area (Å²) in [6.07, 6.45) is 0. The van der Waals surface area contributed by atoms with E-state index in [0.29, 0.717) is 0 Å². The van der Waals surface area contributed by atoms with E-state index in [2.05, 4.69) is 0 Å². The molecule has 12 heavy (non-hydrogen) atoms. The van der Waals surface area contributed by atoms with Crippen LogP contribution >= 0.6 is 0 Å². The Labute approximate surface area is 67.6 Å². The summed E-state index contributed by atoms with van der Waals surface area (Å²) in [6.45, 7) is 0. The molecule has 0 aliphatic heterocycles. The normalized spacial score (nSPS) is 8.92. The van der Waals surface area contributed by atoms with Gasteiger partial charge in [-0.1, -0.05) is 6.07 Å². The molecule has 0 saturated carbocycles. The number of phenolic OH excluding ortho intramolecular Hbond substituents is 1. The van der Waals surface area contributed by atoms with Gasteiger partial charge in [-0.15, -0.1) is 0 Å². The Morgan fingerprint density at radius 3 is 2.75 bits per heavy atom. The van der Waals surface area contributed by atoms with Crippen LogP contribution in [0, 0.1) is 21.4 Å². The average Bonchev–Trinajstić information content (AvgIpc) is 2.04. The van der Waals surface area contributed by atoms with E-state index in [4.69, 9.17) is 10.4 Å². The maximum absolute atomic E-state index is 10.2. The van der Waals surface area contributed by atoms with E-state index in [1.165, 1.54) is 12.1 Å². The molecular weight excluding hydrogens is 160 g/mol. The van der Waals surface area contributed by atoms with Crippen molar-refractivity contribution in [1.82, 2.24) is 0 Å². The molecule has 0 amide bonds. The van der Waals surface area contributed by atoms with E-state index in [1.54, 1.807) is 6.07 Å². The van der Waals surface area contributed by atoms with Crippen LogP contribution in [-0.2, 0) is 0 Å². The van der Waals surface area contributed by atoms with Gasteiger partial charge in [0.2, 0.25) is 5.75 Å². The number of nitriles is 1. The van der Waals surface area contributed by atoms with Gasteiger partial charge < -0.3 is 5.11 Å². The first-order valence-corrected chi connectivity index (χ1v) is 3.03. The number of nitro benzene ring substituents is 1. The van der Waals surface area contributed by atoms with Gasteiger partial charge in [0.05, 0.1) is 4.92 Å². The molecule has 1 N–H and O–H groups in total. The quantitative estimate of drug-likeness (QED) is 0.498. The molecule has 0 radical (unpaired) electrons. The number of nitro groups is 1. The van der Waals surface area contributed by atoms with Gasteiger partial charge in [-0.2, -0.15) is 5.26 Å². The molecule has 0 unspecified atom stereocenters. The highest BCUT2D eigenvalue weighted by Crippen LogP contribution is 2.28. The summed E-state index contributed by atoms with van der Waals surface area (Å²) in [7, 11) is 0. The number of phenols is 1. The Balaban J connectivity index is 3.35. The Morgan fingerprint density at radius 2 is 2.25 bits per heavy atom. The highest BCUT2D eigenvalue weighted by Gasteiger charge is 2.15.